The molecule has 4 nitrogen and oxygen atoms in total. The SMILES string of the molecule is CC(C)CCOCCNC(C)C(C)C(=O)O. The summed E-state index contributed by atoms with van der Waals surface area (Å²) in [5, 5.41) is 11.9. The molecule has 0 amide bonds. The Morgan fingerprint density at radius 2 is 1.88 bits per heavy atom. The maximum absolute atomic E-state index is 10.7. The van der Waals surface area contributed by atoms with E-state index < -0.39 is 5.97 Å². The van der Waals surface area contributed by atoms with Crippen molar-refractivity contribution in [2.24, 2.45) is 11.8 Å². The predicted octanol–water partition coefficient (Wildman–Crippen LogP) is 1.75. The first kappa shape index (κ1) is 15.4. The Morgan fingerprint density at radius 1 is 1.25 bits per heavy atom. The van der Waals surface area contributed by atoms with Gasteiger partial charge in [-0.1, -0.05) is 20.8 Å². The molecular weight excluding hydrogens is 206 g/mol. The number of nitrogens with one attached hydrogen (secondary N) is 1. The lowest BCUT2D eigenvalue weighted by molar-refractivity contribution is -0.141. The fourth-order valence-electron chi connectivity index (χ4n) is 1.17. The van der Waals surface area contributed by atoms with Crippen molar-refractivity contribution in [2.75, 3.05) is 19.8 Å². The number of carboxylic acids is 1. The molecule has 0 saturated heterocycles. The summed E-state index contributed by atoms with van der Waals surface area (Å²) in [4.78, 5) is 10.7. The van der Waals surface area contributed by atoms with E-state index in [0.717, 1.165) is 13.0 Å². The van der Waals surface area contributed by atoms with Crippen molar-refractivity contribution in [1.82, 2.24) is 5.32 Å². The van der Waals surface area contributed by atoms with E-state index in [1.165, 1.54) is 0 Å². The number of aliphatic carboxylic acids is 1. The van der Waals surface area contributed by atoms with Crippen LogP contribution in [0.15, 0.2) is 0 Å². The Labute approximate surface area is 98.4 Å². The van der Waals surface area contributed by atoms with Gasteiger partial charge in [-0.25, -0.2) is 0 Å². The molecule has 2 N–H and O–H groups in total. The highest BCUT2D eigenvalue weighted by atomic mass is 16.5. The first-order valence-electron chi connectivity index (χ1n) is 5.99. The maximum Gasteiger partial charge on any atom is 0.307 e. The smallest absolute Gasteiger partial charge is 0.307 e. The normalized spacial score (nSPS) is 15.1. The Bertz CT molecular complexity index is 195. The fourth-order valence-corrected chi connectivity index (χ4v) is 1.17. The van der Waals surface area contributed by atoms with E-state index >= 15 is 0 Å². The highest BCUT2D eigenvalue weighted by Gasteiger charge is 2.18. The molecule has 0 rings (SSSR count). The number of carbonyl (C=O) groups is 1. The Hall–Kier alpha value is -0.610. The van der Waals surface area contributed by atoms with Gasteiger partial charge in [-0.3, -0.25) is 4.79 Å². The van der Waals surface area contributed by atoms with Crippen molar-refractivity contribution < 1.29 is 14.6 Å². The van der Waals surface area contributed by atoms with Gasteiger partial charge < -0.3 is 15.2 Å². The summed E-state index contributed by atoms with van der Waals surface area (Å²) >= 11 is 0. The van der Waals surface area contributed by atoms with Gasteiger partial charge in [0.15, 0.2) is 0 Å². The van der Waals surface area contributed by atoms with E-state index in [9.17, 15) is 4.79 Å². The van der Waals surface area contributed by atoms with Crippen molar-refractivity contribution >= 4 is 5.97 Å². The van der Waals surface area contributed by atoms with E-state index in [4.69, 9.17) is 9.84 Å². The van der Waals surface area contributed by atoms with Crippen molar-refractivity contribution in [2.45, 2.75) is 40.2 Å². The monoisotopic (exact) mass is 231 g/mol. The third-order valence-electron chi connectivity index (χ3n) is 2.69. The Kier molecular flexibility index (Phi) is 8.21. The van der Waals surface area contributed by atoms with Crippen LogP contribution in [0.3, 0.4) is 0 Å². The van der Waals surface area contributed by atoms with Gasteiger partial charge in [0.2, 0.25) is 0 Å². The number of hydrogen-bond donors (Lipinski definition) is 2. The van der Waals surface area contributed by atoms with E-state index in [-0.39, 0.29) is 12.0 Å². The van der Waals surface area contributed by atoms with Gasteiger partial charge in [-0.2, -0.15) is 0 Å². The number of carboxylic acid groups (broad SMARTS) is 1. The average Bonchev–Trinajstić information content (AvgIpc) is 2.21. The Balaban J connectivity index is 3.41. The third kappa shape index (κ3) is 7.65. The standard InChI is InChI=1S/C12H25NO3/c1-9(2)5-7-16-8-6-13-11(4)10(3)12(14)15/h9-11,13H,5-8H2,1-4H3,(H,14,15). The average molecular weight is 231 g/mol. The minimum Gasteiger partial charge on any atom is -0.481 e. The van der Waals surface area contributed by atoms with Crippen molar-refractivity contribution in [3.05, 3.63) is 0 Å². The second-order valence-corrected chi connectivity index (χ2v) is 4.66. The zero-order valence-electron chi connectivity index (χ0n) is 10.8. The lowest BCUT2D eigenvalue weighted by Gasteiger charge is -2.17. The van der Waals surface area contributed by atoms with Gasteiger partial charge >= 0.3 is 5.97 Å². The van der Waals surface area contributed by atoms with Crippen LogP contribution >= 0.6 is 0 Å². The molecule has 2 unspecified atom stereocenters. The largest absolute Gasteiger partial charge is 0.481 e. The first-order chi connectivity index (χ1) is 7.45. The lowest BCUT2D eigenvalue weighted by Crippen LogP contribution is -2.38. The van der Waals surface area contributed by atoms with E-state index in [1.54, 1.807) is 6.92 Å². The van der Waals surface area contributed by atoms with Crippen LogP contribution in [-0.2, 0) is 9.53 Å². The van der Waals surface area contributed by atoms with Crippen LogP contribution in [0.4, 0.5) is 0 Å². The summed E-state index contributed by atoms with van der Waals surface area (Å²) in [6, 6.07) is -0.0220. The zero-order valence-corrected chi connectivity index (χ0v) is 10.8. The van der Waals surface area contributed by atoms with Crippen LogP contribution in [-0.4, -0.2) is 36.9 Å². The zero-order chi connectivity index (χ0) is 12.6. The second kappa shape index (κ2) is 8.53. The molecule has 4 heteroatoms. The molecule has 0 heterocycles. The predicted molar refractivity (Wildman–Crippen MR) is 64.5 cm³/mol. The van der Waals surface area contributed by atoms with E-state index in [2.05, 4.69) is 19.2 Å². The Morgan fingerprint density at radius 3 is 2.38 bits per heavy atom. The van der Waals surface area contributed by atoms with Crippen molar-refractivity contribution in [1.29, 1.82) is 0 Å². The highest BCUT2D eigenvalue weighted by Crippen LogP contribution is 2.02. The number of ether oxygens (including phenoxy) is 1. The van der Waals surface area contributed by atoms with Gasteiger partial charge in [0.05, 0.1) is 12.5 Å². The molecule has 0 aliphatic carbocycles. The summed E-state index contributed by atoms with van der Waals surface area (Å²) in [5.74, 6) is -0.463. The minimum atomic E-state index is -0.763. The molecule has 0 spiro atoms. The van der Waals surface area contributed by atoms with Gasteiger partial charge in [0.25, 0.3) is 0 Å². The van der Waals surface area contributed by atoms with Crippen LogP contribution in [0.2, 0.25) is 0 Å². The number of hydrogen-bond acceptors (Lipinski definition) is 3. The number of rotatable bonds is 9. The van der Waals surface area contributed by atoms with Crippen LogP contribution in [0.25, 0.3) is 0 Å². The second-order valence-electron chi connectivity index (χ2n) is 4.66. The van der Waals surface area contributed by atoms with Gasteiger partial charge in [-0.15, -0.1) is 0 Å². The van der Waals surface area contributed by atoms with Crippen LogP contribution in [0.5, 0.6) is 0 Å². The van der Waals surface area contributed by atoms with Crippen molar-refractivity contribution in [3.63, 3.8) is 0 Å². The van der Waals surface area contributed by atoms with Crippen LogP contribution in [0.1, 0.15) is 34.1 Å². The van der Waals surface area contributed by atoms with Gasteiger partial charge in [0.1, 0.15) is 0 Å². The summed E-state index contributed by atoms with van der Waals surface area (Å²) in [6.07, 6.45) is 1.07. The molecule has 16 heavy (non-hydrogen) atoms. The molecule has 0 saturated carbocycles. The van der Waals surface area contributed by atoms with Gasteiger partial charge in [-0.05, 0) is 19.3 Å². The molecule has 0 aromatic carbocycles. The summed E-state index contributed by atoms with van der Waals surface area (Å²) in [6.45, 7) is 10.0. The molecule has 0 bridgehead atoms. The molecule has 0 aromatic heterocycles. The van der Waals surface area contributed by atoms with E-state index in [0.29, 0.717) is 19.1 Å². The topological polar surface area (TPSA) is 58.6 Å². The molecule has 2 atom stereocenters. The van der Waals surface area contributed by atoms with Crippen LogP contribution in [0, 0.1) is 11.8 Å². The third-order valence-corrected chi connectivity index (χ3v) is 2.69. The highest BCUT2D eigenvalue weighted by molar-refractivity contribution is 5.70. The first-order valence-corrected chi connectivity index (χ1v) is 5.99. The molecule has 0 radical (unpaired) electrons. The molecule has 0 aliphatic heterocycles. The molecular formula is C12H25NO3. The lowest BCUT2D eigenvalue weighted by atomic mass is 10.0. The summed E-state index contributed by atoms with van der Waals surface area (Å²) in [7, 11) is 0. The molecule has 0 aliphatic rings. The summed E-state index contributed by atoms with van der Waals surface area (Å²) in [5.41, 5.74) is 0. The van der Waals surface area contributed by atoms with E-state index in [1.807, 2.05) is 6.92 Å². The summed E-state index contributed by atoms with van der Waals surface area (Å²) < 4.78 is 5.43. The van der Waals surface area contributed by atoms with Crippen LogP contribution < -0.4 is 5.32 Å². The molecule has 96 valence electrons. The fraction of sp³-hybridized carbons (Fsp3) is 0.917. The maximum atomic E-state index is 10.7. The minimum absolute atomic E-state index is 0.0220. The van der Waals surface area contributed by atoms with Crippen molar-refractivity contribution in [3.8, 4) is 0 Å². The molecule has 0 fully saturated rings. The van der Waals surface area contributed by atoms with Gasteiger partial charge in [0, 0.05) is 19.2 Å². The molecule has 0 aromatic rings. The quantitative estimate of drug-likeness (QED) is 0.594.